The lowest BCUT2D eigenvalue weighted by atomic mass is 9.88. The highest BCUT2D eigenvalue weighted by Gasteiger charge is 2.39. The quantitative estimate of drug-likeness (QED) is 0.658. The number of ether oxygens (including phenoxy) is 2. The lowest BCUT2D eigenvalue weighted by molar-refractivity contribution is -0.132. The van der Waals surface area contributed by atoms with Gasteiger partial charge in [-0.05, 0) is 18.6 Å². The second-order valence-electron chi connectivity index (χ2n) is 5.71. The summed E-state index contributed by atoms with van der Waals surface area (Å²) in [6, 6.07) is 3.42. The molecule has 1 aliphatic rings. The Kier molecular flexibility index (Phi) is 4.77. The molecular weight excluding hydrogens is 284 g/mol. The van der Waals surface area contributed by atoms with Crippen molar-refractivity contribution in [3.8, 4) is 5.75 Å². The minimum atomic E-state index is -0.834. The minimum Gasteiger partial charge on any atom is -0.496 e. The van der Waals surface area contributed by atoms with Gasteiger partial charge in [-0.25, -0.2) is 0 Å². The molecule has 6 N–H and O–H groups in total. The standard InChI is InChI=1S/C15H24N4O3/c1-15(14(18)20,19-3-5-22-6-4-19)9-10-7-11(16)12(17)8-13(10)21-2/h7-8H,3-6,9,16-17H2,1-2H3,(H2,18,20). The number of methoxy groups -OCH3 is 1. The number of nitrogens with zero attached hydrogens (tertiary/aromatic N) is 1. The van der Waals surface area contributed by atoms with Crippen LogP contribution >= 0.6 is 0 Å². The predicted octanol–water partition coefficient (Wildman–Crippen LogP) is -0.0217. The number of hydrogen-bond donors (Lipinski definition) is 3. The summed E-state index contributed by atoms with van der Waals surface area (Å²) in [4.78, 5) is 14.2. The van der Waals surface area contributed by atoms with Gasteiger partial charge >= 0.3 is 0 Å². The fourth-order valence-electron chi connectivity index (χ4n) is 2.77. The zero-order valence-electron chi connectivity index (χ0n) is 13.1. The first-order valence-corrected chi connectivity index (χ1v) is 7.23. The monoisotopic (exact) mass is 308 g/mol. The number of hydrogen-bond acceptors (Lipinski definition) is 6. The number of amides is 1. The molecule has 1 atom stereocenters. The normalized spacial score (nSPS) is 18.6. The molecule has 7 heteroatoms. The van der Waals surface area contributed by atoms with Gasteiger partial charge in [-0.15, -0.1) is 0 Å². The van der Waals surface area contributed by atoms with Gasteiger partial charge in [0.1, 0.15) is 11.3 Å². The van der Waals surface area contributed by atoms with Crippen molar-refractivity contribution in [1.29, 1.82) is 0 Å². The molecule has 1 aliphatic heterocycles. The Balaban J connectivity index is 2.35. The van der Waals surface area contributed by atoms with Crippen LogP contribution in [0.4, 0.5) is 11.4 Å². The Morgan fingerprint density at radius 3 is 2.45 bits per heavy atom. The van der Waals surface area contributed by atoms with Gasteiger partial charge in [0.2, 0.25) is 5.91 Å². The second-order valence-corrected chi connectivity index (χ2v) is 5.71. The number of benzene rings is 1. The van der Waals surface area contributed by atoms with Gasteiger partial charge in [-0.2, -0.15) is 0 Å². The van der Waals surface area contributed by atoms with Crippen molar-refractivity contribution >= 4 is 17.3 Å². The van der Waals surface area contributed by atoms with E-state index < -0.39 is 5.54 Å². The van der Waals surface area contributed by atoms with Crippen LogP contribution in [-0.2, 0) is 16.0 Å². The minimum absolute atomic E-state index is 0.383. The average Bonchev–Trinajstić information content (AvgIpc) is 2.51. The fraction of sp³-hybridized carbons (Fsp3) is 0.533. The molecule has 1 saturated heterocycles. The van der Waals surface area contributed by atoms with Crippen molar-refractivity contribution in [2.24, 2.45) is 5.73 Å². The number of carbonyl (C=O) groups excluding carboxylic acids is 1. The number of rotatable bonds is 5. The molecule has 1 aromatic carbocycles. The van der Waals surface area contributed by atoms with Gasteiger partial charge in [0.15, 0.2) is 0 Å². The van der Waals surface area contributed by atoms with Crippen LogP contribution in [0.5, 0.6) is 5.75 Å². The van der Waals surface area contributed by atoms with Gasteiger partial charge in [-0.3, -0.25) is 9.69 Å². The molecule has 0 aromatic heterocycles. The molecule has 1 fully saturated rings. The van der Waals surface area contributed by atoms with Gasteiger partial charge in [0.05, 0.1) is 31.7 Å². The number of anilines is 2. The molecule has 122 valence electrons. The summed E-state index contributed by atoms with van der Waals surface area (Å²) in [6.45, 7) is 4.33. The number of carbonyl (C=O) groups is 1. The van der Waals surface area contributed by atoms with Crippen molar-refractivity contribution in [3.63, 3.8) is 0 Å². The first-order chi connectivity index (χ1) is 10.4. The summed E-state index contributed by atoms with van der Waals surface area (Å²) in [5.41, 5.74) is 18.3. The van der Waals surface area contributed by atoms with Crippen molar-refractivity contribution < 1.29 is 14.3 Å². The molecular formula is C15H24N4O3. The number of primary amides is 1. The summed E-state index contributed by atoms with van der Waals surface area (Å²) in [5, 5.41) is 0. The summed E-state index contributed by atoms with van der Waals surface area (Å²) in [5.74, 6) is 0.222. The molecule has 0 aliphatic carbocycles. The lowest BCUT2D eigenvalue weighted by Gasteiger charge is -2.41. The highest BCUT2D eigenvalue weighted by atomic mass is 16.5. The van der Waals surface area contributed by atoms with E-state index in [1.165, 1.54) is 0 Å². The van der Waals surface area contributed by atoms with Crippen LogP contribution in [0.2, 0.25) is 0 Å². The first kappa shape index (κ1) is 16.4. The van der Waals surface area contributed by atoms with E-state index in [4.69, 9.17) is 26.7 Å². The maximum absolute atomic E-state index is 12.1. The van der Waals surface area contributed by atoms with Crippen LogP contribution in [0.25, 0.3) is 0 Å². The summed E-state index contributed by atoms with van der Waals surface area (Å²) in [6.07, 6.45) is 0.399. The van der Waals surface area contributed by atoms with E-state index in [0.717, 1.165) is 5.56 Å². The molecule has 0 spiro atoms. The van der Waals surface area contributed by atoms with Gasteiger partial charge in [0.25, 0.3) is 0 Å². The topological polar surface area (TPSA) is 117 Å². The van der Waals surface area contributed by atoms with E-state index in [0.29, 0.717) is 49.8 Å². The highest BCUT2D eigenvalue weighted by molar-refractivity contribution is 5.85. The molecule has 0 saturated carbocycles. The molecule has 0 bridgehead atoms. The Labute approximate surface area is 130 Å². The van der Waals surface area contributed by atoms with E-state index in [1.807, 2.05) is 11.8 Å². The van der Waals surface area contributed by atoms with E-state index in [1.54, 1.807) is 19.2 Å². The molecule has 7 nitrogen and oxygen atoms in total. The largest absolute Gasteiger partial charge is 0.496 e. The number of morpholine rings is 1. The Morgan fingerprint density at radius 1 is 1.32 bits per heavy atom. The molecule has 0 radical (unpaired) electrons. The lowest BCUT2D eigenvalue weighted by Crippen LogP contribution is -2.60. The maximum Gasteiger partial charge on any atom is 0.238 e. The summed E-state index contributed by atoms with van der Waals surface area (Å²) >= 11 is 0. The van der Waals surface area contributed by atoms with Crippen molar-refractivity contribution in [3.05, 3.63) is 17.7 Å². The van der Waals surface area contributed by atoms with Crippen molar-refractivity contribution in [2.45, 2.75) is 18.9 Å². The number of nitrogens with two attached hydrogens (primary N) is 3. The summed E-state index contributed by atoms with van der Waals surface area (Å²) in [7, 11) is 1.56. The fourth-order valence-corrected chi connectivity index (χ4v) is 2.77. The van der Waals surface area contributed by atoms with Crippen molar-refractivity contribution in [2.75, 3.05) is 44.9 Å². The van der Waals surface area contributed by atoms with Gasteiger partial charge < -0.3 is 26.7 Å². The maximum atomic E-state index is 12.1. The molecule has 2 rings (SSSR count). The van der Waals surface area contributed by atoms with E-state index in [9.17, 15) is 4.79 Å². The Morgan fingerprint density at radius 2 is 1.91 bits per heavy atom. The van der Waals surface area contributed by atoms with Crippen LogP contribution in [0.15, 0.2) is 12.1 Å². The summed E-state index contributed by atoms with van der Waals surface area (Å²) < 4.78 is 10.7. The van der Waals surface area contributed by atoms with Crippen LogP contribution in [-0.4, -0.2) is 49.8 Å². The molecule has 1 heterocycles. The number of nitrogen functional groups attached to an aromatic ring is 2. The van der Waals surface area contributed by atoms with Crippen LogP contribution in [0.1, 0.15) is 12.5 Å². The predicted molar refractivity (Wildman–Crippen MR) is 85.5 cm³/mol. The van der Waals surface area contributed by atoms with Gasteiger partial charge in [0, 0.05) is 25.6 Å². The second kappa shape index (κ2) is 6.41. The zero-order valence-corrected chi connectivity index (χ0v) is 13.1. The Bertz CT molecular complexity index is 558. The van der Waals surface area contributed by atoms with E-state index in [-0.39, 0.29) is 5.91 Å². The zero-order chi connectivity index (χ0) is 16.3. The van der Waals surface area contributed by atoms with E-state index >= 15 is 0 Å². The molecule has 22 heavy (non-hydrogen) atoms. The van der Waals surface area contributed by atoms with Gasteiger partial charge in [-0.1, -0.05) is 0 Å². The third kappa shape index (κ3) is 3.10. The van der Waals surface area contributed by atoms with Crippen LogP contribution in [0.3, 0.4) is 0 Å². The van der Waals surface area contributed by atoms with E-state index in [2.05, 4.69) is 0 Å². The third-order valence-electron chi connectivity index (χ3n) is 4.26. The first-order valence-electron chi connectivity index (χ1n) is 7.23. The average molecular weight is 308 g/mol. The molecule has 1 aromatic rings. The van der Waals surface area contributed by atoms with Crippen molar-refractivity contribution in [1.82, 2.24) is 4.90 Å². The molecule has 1 unspecified atom stereocenters. The highest BCUT2D eigenvalue weighted by Crippen LogP contribution is 2.32. The Hall–Kier alpha value is -1.99. The third-order valence-corrected chi connectivity index (χ3v) is 4.26. The van der Waals surface area contributed by atoms with Crippen LogP contribution in [0, 0.1) is 0 Å². The molecule has 1 amide bonds. The SMILES string of the molecule is COc1cc(N)c(N)cc1CC(C)(C(N)=O)N1CCOCC1. The van der Waals surface area contributed by atoms with Crippen LogP contribution < -0.4 is 21.9 Å². The smallest absolute Gasteiger partial charge is 0.238 e.